The second-order valence-electron chi connectivity index (χ2n) is 4.31. The Kier molecular flexibility index (Phi) is 4.36. The molecule has 4 nitrogen and oxygen atoms in total. The first-order valence-corrected chi connectivity index (χ1v) is 6.20. The summed E-state index contributed by atoms with van der Waals surface area (Å²) >= 11 is 0. The Bertz CT molecular complexity index is 307. The topological polar surface area (TPSA) is 39.1 Å². The van der Waals surface area contributed by atoms with E-state index in [9.17, 15) is 0 Å². The van der Waals surface area contributed by atoms with Crippen molar-refractivity contribution < 1.29 is 4.74 Å². The molecular formula is C12H21N3O. The van der Waals surface area contributed by atoms with Crippen molar-refractivity contribution in [2.75, 3.05) is 13.2 Å². The molecule has 1 aliphatic carbocycles. The number of hydrogen-bond acceptors (Lipinski definition) is 3. The minimum Gasteiger partial charge on any atom is -0.382 e. The van der Waals surface area contributed by atoms with Gasteiger partial charge in [-0.1, -0.05) is 0 Å². The van der Waals surface area contributed by atoms with Gasteiger partial charge >= 0.3 is 0 Å². The van der Waals surface area contributed by atoms with Crippen molar-refractivity contribution in [2.45, 2.75) is 45.3 Å². The molecule has 1 aliphatic rings. The Morgan fingerprint density at radius 1 is 1.56 bits per heavy atom. The molecular weight excluding hydrogens is 202 g/mol. The Morgan fingerprint density at radius 2 is 2.44 bits per heavy atom. The first kappa shape index (κ1) is 11.6. The number of nitrogens with zero attached hydrogens (tertiary/aromatic N) is 2. The summed E-state index contributed by atoms with van der Waals surface area (Å²) in [5, 5.41) is 3.46. The molecule has 0 aliphatic heterocycles. The van der Waals surface area contributed by atoms with E-state index < -0.39 is 0 Å². The van der Waals surface area contributed by atoms with Crippen LogP contribution in [0, 0.1) is 0 Å². The molecule has 0 bridgehead atoms. The maximum Gasteiger partial charge on any atom is 0.0949 e. The lowest BCUT2D eigenvalue weighted by Crippen LogP contribution is -2.15. The van der Waals surface area contributed by atoms with E-state index in [2.05, 4.69) is 21.1 Å². The zero-order valence-electron chi connectivity index (χ0n) is 9.98. The first-order chi connectivity index (χ1) is 7.88. The second-order valence-corrected chi connectivity index (χ2v) is 4.31. The van der Waals surface area contributed by atoms with Crippen LogP contribution in [0.25, 0.3) is 0 Å². The SMILES string of the molecule is CCOCCCn1cnc(CNC2CC2)c1. The van der Waals surface area contributed by atoms with Gasteiger partial charge in [0.2, 0.25) is 0 Å². The van der Waals surface area contributed by atoms with Crippen LogP contribution in [0.4, 0.5) is 0 Å². The smallest absolute Gasteiger partial charge is 0.0949 e. The fourth-order valence-electron chi connectivity index (χ4n) is 1.65. The van der Waals surface area contributed by atoms with Crippen LogP contribution in [0.5, 0.6) is 0 Å². The Labute approximate surface area is 97.0 Å². The molecule has 0 aromatic carbocycles. The van der Waals surface area contributed by atoms with Crippen LogP contribution >= 0.6 is 0 Å². The van der Waals surface area contributed by atoms with Gasteiger partial charge in [0.05, 0.1) is 12.0 Å². The van der Waals surface area contributed by atoms with Crippen molar-refractivity contribution in [1.82, 2.24) is 14.9 Å². The fraction of sp³-hybridized carbons (Fsp3) is 0.750. The summed E-state index contributed by atoms with van der Waals surface area (Å²) in [6, 6.07) is 0.753. The summed E-state index contributed by atoms with van der Waals surface area (Å²) in [6.45, 7) is 5.57. The molecule has 1 heterocycles. The molecule has 0 amide bonds. The minimum atomic E-state index is 0.753. The summed E-state index contributed by atoms with van der Waals surface area (Å²) in [5.74, 6) is 0. The molecule has 1 aromatic rings. The lowest BCUT2D eigenvalue weighted by molar-refractivity contribution is 0.141. The van der Waals surface area contributed by atoms with Gasteiger partial charge in [0.1, 0.15) is 0 Å². The molecule has 90 valence electrons. The number of aromatic nitrogens is 2. The molecule has 1 fully saturated rings. The highest BCUT2D eigenvalue weighted by Gasteiger charge is 2.20. The van der Waals surface area contributed by atoms with Crippen LogP contribution in [-0.4, -0.2) is 28.8 Å². The van der Waals surface area contributed by atoms with Crippen LogP contribution in [0.1, 0.15) is 31.9 Å². The van der Waals surface area contributed by atoms with E-state index in [4.69, 9.17) is 4.74 Å². The lowest BCUT2D eigenvalue weighted by Gasteiger charge is -2.02. The molecule has 0 spiro atoms. The second kappa shape index (κ2) is 6.01. The van der Waals surface area contributed by atoms with Crippen molar-refractivity contribution in [3.63, 3.8) is 0 Å². The van der Waals surface area contributed by atoms with E-state index in [0.29, 0.717) is 0 Å². The number of nitrogens with one attached hydrogen (secondary N) is 1. The van der Waals surface area contributed by atoms with Gasteiger partial charge in [0.15, 0.2) is 0 Å². The van der Waals surface area contributed by atoms with E-state index in [-0.39, 0.29) is 0 Å². The maximum absolute atomic E-state index is 5.30. The molecule has 4 heteroatoms. The quantitative estimate of drug-likeness (QED) is 0.680. The van der Waals surface area contributed by atoms with E-state index >= 15 is 0 Å². The minimum absolute atomic E-state index is 0.753. The van der Waals surface area contributed by atoms with Gasteiger partial charge in [-0.2, -0.15) is 0 Å². The van der Waals surface area contributed by atoms with Crippen molar-refractivity contribution in [3.8, 4) is 0 Å². The van der Waals surface area contributed by atoms with Gasteiger partial charge in [-0.05, 0) is 26.2 Å². The first-order valence-electron chi connectivity index (χ1n) is 6.20. The highest BCUT2D eigenvalue weighted by Crippen LogP contribution is 2.18. The predicted octanol–water partition coefficient (Wildman–Crippen LogP) is 1.56. The largest absolute Gasteiger partial charge is 0.382 e. The highest BCUT2D eigenvalue weighted by molar-refractivity contribution is 4.97. The van der Waals surface area contributed by atoms with Gasteiger partial charge < -0.3 is 14.6 Å². The summed E-state index contributed by atoms with van der Waals surface area (Å²) < 4.78 is 7.44. The number of imidazole rings is 1. The molecule has 0 atom stereocenters. The van der Waals surface area contributed by atoms with Gasteiger partial charge in [0.25, 0.3) is 0 Å². The van der Waals surface area contributed by atoms with Crippen molar-refractivity contribution in [2.24, 2.45) is 0 Å². The van der Waals surface area contributed by atoms with Crippen LogP contribution in [0.2, 0.25) is 0 Å². The zero-order valence-corrected chi connectivity index (χ0v) is 9.98. The Morgan fingerprint density at radius 3 is 3.19 bits per heavy atom. The Balaban J connectivity index is 1.64. The number of hydrogen-bond donors (Lipinski definition) is 1. The monoisotopic (exact) mass is 223 g/mol. The Hall–Kier alpha value is -0.870. The van der Waals surface area contributed by atoms with Gasteiger partial charge in [0, 0.05) is 38.5 Å². The maximum atomic E-state index is 5.30. The number of rotatable bonds is 8. The third-order valence-corrected chi connectivity index (χ3v) is 2.75. The van der Waals surface area contributed by atoms with Crippen LogP contribution in [0.3, 0.4) is 0 Å². The molecule has 16 heavy (non-hydrogen) atoms. The van der Waals surface area contributed by atoms with Gasteiger partial charge in [-0.15, -0.1) is 0 Å². The molecule has 0 unspecified atom stereocenters. The highest BCUT2D eigenvalue weighted by atomic mass is 16.5. The van der Waals surface area contributed by atoms with Crippen molar-refractivity contribution in [3.05, 3.63) is 18.2 Å². The molecule has 0 radical (unpaired) electrons. The average molecular weight is 223 g/mol. The van der Waals surface area contributed by atoms with E-state index in [1.807, 2.05) is 13.3 Å². The van der Waals surface area contributed by atoms with Gasteiger partial charge in [-0.25, -0.2) is 4.98 Å². The predicted molar refractivity (Wildman–Crippen MR) is 63.2 cm³/mol. The number of ether oxygens (including phenoxy) is 1. The summed E-state index contributed by atoms with van der Waals surface area (Å²) in [7, 11) is 0. The summed E-state index contributed by atoms with van der Waals surface area (Å²) in [5.41, 5.74) is 1.14. The van der Waals surface area contributed by atoms with E-state index in [1.54, 1.807) is 0 Å². The fourth-order valence-corrected chi connectivity index (χ4v) is 1.65. The molecule has 1 N–H and O–H groups in total. The van der Waals surface area contributed by atoms with Crippen LogP contribution < -0.4 is 5.32 Å². The zero-order chi connectivity index (χ0) is 11.2. The van der Waals surface area contributed by atoms with Crippen LogP contribution in [-0.2, 0) is 17.8 Å². The molecule has 1 saturated carbocycles. The van der Waals surface area contributed by atoms with Crippen LogP contribution in [0.15, 0.2) is 12.5 Å². The summed E-state index contributed by atoms with van der Waals surface area (Å²) in [6.07, 6.45) is 7.75. The van der Waals surface area contributed by atoms with Gasteiger partial charge in [-0.3, -0.25) is 0 Å². The van der Waals surface area contributed by atoms with E-state index in [1.165, 1.54) is 12.8 Å². The number of aryl methyl sites for hydroxylation is 1. The molecule has 0 saturated heterocycles. The molecule has 1 aromatic heterocycles. The third kappa shape index (κ3) is 3.94. The third-order valence-electron chi connectivity index (χ3n) is 2.75. The normalized spacial score (nSPS) is 15.6. The van der Waals surface area contributed by atoms with E-state index in [0.717, 1.165) is 44.5 Å². The van der Waals surface area contributed by atoms with Crippen molar-refractivity contribution >= 4 is 0 Å². The standard InChI is InChI=1S/C12H21N3O/c1-2-16-7-3-6-15-9-12(14-10-15)8-13-11-4-5-11/h9-11,13H,2-8H2,1H3. The molecule has 2 rings (SSSR count). The lowest BCUT2D eigenvalue weighted by atomic mass is 10.4. The average Bonchev–Trinajstić information content (AvgIpc) is 3.02. The summed E-state index contributed by atoms with van der Waals surface area (Å²) in [4.78, 5) is 4.37. The van der Waals surface area contributed by atoms with Crippen molar-refractivity contribution in [1.29, 1.82) is 0 Å².